The first-order valence-electron chi connectivity index (χ1n) is 3.29. The van der Waals surface area contributed by atoms with E-state index in [1.165, 1.54) is 0 Å². The summed E-state index contributed by atoms with van der Waals surface area (Å²) in [5.41, 5.74) is 1.70. The molecule has 10 heavy (non-hydrogen) atoms. The lowest BCUT2D eigenvalue weighted by molar-refractivity contribution is 0.602. The molecule has 0 spiro atoms. The monoisotopic (exact) mass is 137 g/mol. The number of hydrogen-bond acceptors (Lipinski definition) is 2. The molecule has 1 aromatic rings. The van der Waals surface area contributed by atoms with Crippen LogP contribution in [-0.2, 0) is 6.54 Å². The molecule has 0 saturated carbocycles. The van der Waals surface area contributed by atoms with Gasteiger partial charge in [-0.1, -0.05) is 0 Å². The third kappa shape index (κ3) is 1.21. The first kappa shape index (κ1) is 7.34. The van der Waals surface area contributed by atoms with Crippen molar-refractivity contribution < 1.29 is 5.02 Å². The van der Waals surface area contributed by atoms with Crippen molar-refractivity contribution in [1.29, 1.82) is 0 Å². The van der Waals surface area contributed by atoms with Crippen LogP contribution in [0.1, 0.15) is 12.6 Å². The summed E-state index contributed by atoms with van der Waals surface area (Å²) < 4.78 is 1.75. The number of nitrogens with zero attached hydrogens (tertiary/aromatic N) is 2. The minimum atomic E-state index is 0.764. The van der Waals surface area contributed by atoms with Crippen molar-refractivity contribution in [3.8, 4) is 0 Å². The van der Waals surface area contributed by atoms with Crippen LogP contribution < -0.4 is 5.59 Å². The van der Waals surface area contributed by atoms with Gasteiger partial charge >= 0.3 is 7.48 Å². The summed E-state index contributed by atoms with van der Waals surface area (Å²) in [6.45, 7) is 4.68. The Bertz CT molecular complexity index is 200. The molecule has 0 aliphatic heterocycles. The lowest BCUT2D eigenvalue weighted by Gasteiger charge is -1.97. The molecule has 0 fully saturated rings. The zero-order valence-electron chi connectivity index (χ0n) is 6.20. The Balaban J connectivity index is 2.96. The van der Waals surface area contributed by atoms with E-state index in [4.69, 9.17) is 5.02 Å². The van der Waals surface area contributed by atoms with E-state index >= 15 is 0 Å². The second-order valence-electron chi connectivity index (χ2n) is 2.16. The second-order valence-corrected chi connectivity index (χ2v) is 2.16. The van der Waals surface area contributed by atoms with Gasteiger partial charge in [-0.3, -0.25) is 4.68 Å². The molecule has 0 bridgehead atoms. The highest BCUT2D eigenvalue weighted by Gasteiger charge is 2.02. The van der Waals surface area contributed by atoms with E-state index in [0.717, 1.165) is 25.3 Å². The molecular weight excluding hydrogens is 127 g/mol. The zero-order valence-corrected chi connectivity index (χ0v) is 6.20. The van der Waals surface area contributed by atoms with Crippen LogP contribution in [0.4, 0.5) is 0 Å². The van der Waals surface area contributed by atoms with Crippen LogP contribution in [0.2, 0.25) is 0 Å². The Morgan fingerprint density at radius 3 is 2.90 bits per heavy atom. The molecule has 1 radical (unpaired) electrons. The Hall–Kier alpha value is -0.765. The first-order chi connectivity index (χ1) is 4.77. The zero-order chi connectivity index (χ0) is 7.56. The lowest BCUT2D eigenvalue weighted by atomic mass is 9.96. The van der Waals surface area contributed by atoms with E-state index in [9.17, 15) is 0 Å². The third-order valence-electron chi connectivity index (χ3n) is 1.37. The molecule has 1 heterocycles. The van der Waals surface area contributed by atoms with Crippen LogP contribution in [-0.4, -0.2) is 22.3 Å². The van der Waals surface area contributed by atoms with E-state index in [0.29, 0.717) is 0 Å². The molecule has 0 aromatic carbocycles. The van der Waals surface area contributed by atoms with Crippen LogP contribution in [0.25, 0.3) is 0 Å². The first-order valence-corrected chi connectivity index (χ1v) is 3.29. The Morgan fingerprint density at radius 1 is 1.80 bits per heavy atom. The van der Waals surface area contributed by atoms with Crippen molar-refractivity contribution in [3.05, 3.63) is 11.8 Å². The van der Waals surface area contributed by atoms with E-state index in [2.05, 4.69) is 5.10 Å². The van der Waals surface area contributed by atoms with Crippen LogP contribution >= 0.6 is 0 Å². The normalized spacial score (nSPS) is 9.90. The van der Waals surface area contributed by atoms with Gasteiger partial charge in [0, 0.05) is 12.1 Å². The number of aryl methyl sites for hydroxylation is 2. The summed E-state index contributed by atoms with van der Waals surface area (Å²) in [5, 5.41) is 12.8. The Morgan fingerprint density at radius 2 is 2.50 bits per heavy atom. The summed E-state index contributed by atoms with van der Waals surface area (Å²) in [5.74, 6) is 0. The van der Waals surface area contributed by atoms with Crippen molar-refractivity contribution in [2.45, 2.75) is 20.4 Å². The maximum Gasteiger partial charge on any atom is 0.347 e. The smallest absolute Gasteiger partial charge is 0.347 e. The van der Waals surface area contributed by atoms with E-state index in [-0.39, 0.29) is 0 Å². The quantitative estimate of drug-likeness (QED) is 0.555. The minimum Gasteiger partial charge on any atom is -0.449 e. The number of rotatable bonds is 2. The highest BCUT2D eigenvalue weighted by molar-refractivity contribution is 6.44. The molecule has 3 nitrogen and oxygen atoms in total. The van der Waals surface area contributed by atoms with Crippen LogP contribution in [0.5, 0.6) is 0 Å². The van der Waals surface area contributed by atoms with Gasteiger partial charge in [-0.25, -0.2) is 0 Å². The van der Waals surface area contributed by atoms with Gasteiger partial charge < -0.3 is 5.02 Å². The van der Waals surface area contributed by atoms with E-state index in [1.54, 1.807) is 4.68 Å². The summed E-state index contributed by atoms with van der Waals surface area (Å²) in [7, 11) is 1.07. The lowest BCUT2D eigenvalue weighted by Crippen LogP contribution is -2.24. The summed E-state index contributed by atoms with van der Waals surface area (Å²) in [6.07, 6.45) is 0. The second kappa shape index (κ2) is 2.88. The molecule has 1 N–H and O–H groups in total. The van der Waals surface area contributed by atoms with Gasteiger partial charge in [-0.2, -0.15) is 5.10 Å². The fraction of sp³-hybridized carbons (Fsp3) is 0.500. The fourth-order valence-electron chi connectivity index (χ4n) is 0.923. The van der Waals surface area contributed by atoms with Gasteiger partial charge in [-0.05, 0) is 19.9 Å². The number of aromatic nitrogens is 2. The van der Waals surface area contributed by atoms with Gasteiger partial charge in [0.05, 0.1) is 5.69 Å². The minimum absolute atomic E-state index is 0.764. The van der Waals surface area contributed by atoms with Crippen LogP contribution in [0, 0.1) is 6.92 Å². The van der Waals surface area contributed by atoms with E-state index < -0.39 is 0 Å². The van der Waals surface area contributed by atoms with Gasteiger partial charge in [0.2, 0.25) is 0 Å². The van der Waals surface area contributed by atoms with Crippen molar-refractivity contribution in [2.24, 2.45) is 0 Å². The van der Waals surface area contributed by atoms with Gasteiger partial charge in [0.25, 0.3) is 0 Å². The average Bonchev–Trinajstić information content (AvgIpc) is 2.30. The predicted molar refractivity (Wildman–Crippen MR) is 40.2 cm³/mol. The third-order valence-corrected chi connectivity index (χ3v) is 1.37. The van der Waals surface area contributed by atoms with E-state index in [1.807, 2.05) is 19.9 Å². The van der Waals surface area contributed by atoms with Crippen molar-refractivity contribution in [3.63, 3.8) is 0 Å². The molecule has 0 amide bonds. The highest BCUT2D eigenvalue weighted by Crippen LogP contribution is 1.88. The molecule has 0 aliphatic rings. The summed E-state index contributed by atoms with van der Waals surface area (Å²) in [6, 6.07) is 1.84. The topological polar surface area (TPSA) is 38.0 Å². The van der Waals surface area contributed by atoms with Crippen molar-refractivity contribution >= 4 is 13.1 Å². The Labute approximate surface area is 60.9 Å². The maximum absolute atomic E-state index is 8.68. The Kier molecular flexibility index (Phi) is 2.11. The molecule has 53 valence electrons. The van der Waals surface area contributed by atoms with Crippen LogP contribution in [0.3, 0.4) is 0 Å². The van der Waals surface area contributed by atoms with Crippen molar-refractivity contribution in [1.82, 2.24) is 9.78 Å². The number of hydrogen-bond donors (Lipinski definition) is 1. The van der Waals surface area contributed by atoms with Gasteiger partial charge in [0.1, 0.15) is 0 Å². The van der Waals surface area contributed by atoms with Gasteiger partial charge in [-0.15, -0.1) is 0 Å². The highest BCUT2D eigenvalue weighted by atomic mass is 16.2. The molecular formula is C6H10BN2O. The largest absolute Gasteiger partial charge is 0.449 e. The molecule has 0 saturated heterocycles. The summed E-state index contributed by atoms with van der Waals surface area (Å²) >= 11 is 0. The SMILES string of the molecule is CCn1nc(C)cc1[B]O. The summed E-state index contributed by atoms with van der Waals surface area (Å²) in [4.78, 5) is 0. The fourth-order valence-corrected chi connectivity index (χ4v) is 0.923. The standard InChI is InChI=1S/C6H10BN2O/c1-3-9-6(7-10)4-5(2)8-9/h4,10H,3H2,1-2H3. The molecule has 1 rings (SSSR count). The molecule has 0 atom stereocenters. The van der Waals surface area contributed by atoms with Gasteiger partial charge in [0.15, 0.2) is 0 Å². The molecule has 0 aliphatic carbocycles. The predicted octanol–water partition coefficient (Wildman–Crippen LogP) is -0.552. The molecule has 0 unspecified atom stereocenters. The van der Waals surface area contributed by atoms with Crippen molar-refractivity contribution in [2.75, 3.05) is 0 Å². The maximum atomic E-state index is 8.68. The molecule has 4 heteroatoms. The molecule has 1 aromatic heterocycles. The van der Waals surface area contributed by atoms with Crippen LogP contribution in [0.15, 0.2) is 6.07 Å². The average molecular weight is 137 g/mol.